The average Bonchev–Trinajstić information content (AvgIpc) is 3.61. The molecule has 8 nitrogen and oxygen atoms in total. The van der Waals surface area contributed by atoms with E-state index in [4.69, 9.17) is 9.15 Å². The average molecular weight is 521 g/mol. The first kappa shape index (κ1) is 26.8. The van der Waals surface area contributed by atoms with Crippen molar-refractivity contribution in [2.75, 3.05) is 0 Å². The third-order valence-electron chi connectivity index (χ3n) is 5.49. The van der Waals surface area contributed by atoms with Gasteiger partial charge in [-0.15, -0.1) is 18.3 Å². The van der Waals surface area contributed by atoms with Gasteiger partial charge in [0.2, 0.25) is 5.89 Å². The molecule has 0 atom stereocenters. The van der Waals surface area contributed by atoms with Gasteiger partial charge in [0.1, 0.15) is 35.8 Å². The maximum Gasteiger partial charge on any atom is 1.00 e. The molecule has 37 heavy (non-hydrogen) atoms. The van der Waals surface area contributed by atoms with E-state index in [1.54, 1.807) is 12.3 Å². The van der Waals surface area contributed by atoms with Crippen LogP contribution in [-0.2, 0) is 19.6 Å². The minimum atomic E-state index is -4.75. The monoisotopic (exact) mass is 521 g/mol. The van der Waals surface area contributed by atoms with Crippen molar-refractivity contribution >= 4 is 10.9 Å². The number of benzene rings is 2. The minimum absolute atomic E-state index is 0. The molecule has 0 bridgehead atoms. The van der Waals surface area contributed by atoms with Gasteiger partial charge in [-0.05, 0) is 61.2 Å². The number of rotatable bonds is 10. The van der Waals surface area contributed by atoms with Crippen LogP contribution in [-0.4, -0.2) is 31.3 Å². The molecule has 0 fully saturated rings. The summed E-state index contributed by atoms with van der Waals surface area (Å²) < 4.78 is 54.6. The molecule has 1 N–H and O–H groups in total. The third-order valence-corrected chi connectivity index (χ3v) is 5.49. The molecule has 5 rings (SSSR count). The number of hydrogen-bond acceptors (Lipinski definition) is 6. The predicted octanol–water partition coefficient (Wildman–Crippen LogP) is 3.03. The van der Waals surface area contributed by atoms with Gasteiger partial charge in [-0.1, -0.05) is 17.3 Å². The van der Waals surface area contributed by atoms with Crippen molar-refractivity contribution in [3.05, 3.63) is 78.4 Å². The molecule has 0 saturated carbocycles. The number of aromatic amines is 1. The molecule has 188 valence electrons. The molecule has 0 spiro atoms. The molecule has 0 aliphatic carbocycles. The summed E-state index contributed by atoms with van der Waals surface area (Å²) in [5.41, 5.74) is 2.98. The normalized spacial score (nSPS) is 11.4. The fourth-order valence-corrected chi connectivity index (χ4v) is 3.78. The van der Waals surface area contributed by atoms with Crippen molar-refractivity contribution in [1.29, 1.82) is 0 Å². The quantitative estimate of drug-likeness (QED) is 0.225. The van der Waals surface area contributed by atoms with Crippen LogP contribution in [0.15, 0.2) is 71.6 Å². The van der Waals surface area contributed by atoms with Crippen LogP contribution in [0, 0.1) is 0 Å². The van der Waals surface area contributed by atoms with Crippen LogP contribution in [0.2, 0.25) is 0 Å². The number of alkyl halides is 3. The molecule has 0 unspecified atom stereocenters. The number of nitrogens with one attached hydrogen (secondary N) is 1. The van der Waals surface area contributed by atoms with Gasteiger partial charge in [-0.25, -0.2) is 4.98 Å². The number of nitrogens with zero attached hydrogens (tertiary/aromatic N) is 4. The first-order valence-corrected chi connectivity index (χ1v) is 11.3. The Morgan fingerprint density at radius 2 is 1.84 bits per heavy atom. The first-order valence-electron chi connectivity index (χ1n) is 11.3. The zero-order valence-corrected chi connectivity index (χ0v) is 22.0. The van der Waals surface area contributed by atoms with E-state index in [9.17, 15) is 13.2 Å². The standard InChI is InChI=1S/C25H22F3N5O3.Na.H/c26-25(27,28)36-21-8-9-22-18(13-21)14-23(31-22)24-30-19(16-35-24)15-34-20-6-4-17(5-7-20)3-1-2-11-33-12-10-29-32-33;;/h4-10,12-14,16,31H,1-3,11,15H2;;/q;+1;-1. The summed E-state index contributed by atoms with van der Waals surface area (Å²) in [5, 5.41) is 8.30. The molecule has 3 aromatic heterocycles. The number of hydrogen-bond donors (Lipinski definition) is 1. The third kappa shape index (κ3) is 7.37. The number of H-pyrrole nitrogens is 1. The predicted molar refractivity (Wildman–Crippen MR) is 125 cm³/mol. The van der Waals surface area contributed by atoms with Gasteiger partial charge in [-0.2, -0.15) is 0 Å². The minimum Gasteiger partial charge on any atom is -1.00 e. The number of aromatic nitrogens is 5. The van der Waals surface area contributed by atoms with E-state index < -0.39 is 6.36 Å². The largest absolute Gasteiger partial charge is 1.00 e. The Hall–Kier alpha value is -3.28. The van der Waals surface area contributed by atoms with Crippen LogP contribution in [0.3, 0.4) is 0 Å². The van der Waals surface area contributed by atoms with E-state index in [1.807, 2.05) is 35.1 Å². The van der Waals surface area contributed by atoms with Crippen molar-refractivity contribution in [1.82, 2.24) is 25.0 Å². The maximum atomic E-state index is 12.5. The van der Waals surface area contributed by atoms with E-state index in [0.29, 0.717) is 33.9 Å². The summed E-state index contributed by atoms with van der Waals surface area (Å²) in [4.78, 5) is 7.50. The molecule has 0 aliphatic heterocycles. The van der Waals surface area contributed by atoms with E-state index in [1.165, 1.54) is 30.0 Å². The Balaban J connectivity index is 0.00000200. The second-order valence-corrected chi connectivity index (χ2v) is 8.18. The van der Waals surface area contributed by atoms with E-state index in [2.05, 4.69) is 25.0 Å². The van der Waals surface area contributed by atoms with Crippen LogP contribution in [0.4, 0.5) is 13.2 Å². The second kappa shape index (κ2) is 11.8. The van der Waals surface area contributed by atoms with Gasteiger partial charge in [0.15, 0.2) is 0 Å². The molecule has 0 radical (unpaired) electrons. The Kier molecular flexibility index (Phi) is 8.57. The van der Waals surface area contributed by atoms with Crippen LogP contribution < -0.4 is 39.0 Å². The van der Waals surface area contributed by atoms with Gasteiger partial charge in [0, 0.05) is 23.6 Å². The summed E-state index contributed by atoms with van der Waals surface area (Å²) in [6, 6.07) is 13.6. The molecule has 5 aromatic rings. The number of ether oxygens (including phenoxy) is 2. The van der Waals surface area contributed by atoms with E-state index >= 15 is 0 Å². The fourth-order valence-electron chi connectivity index (χ4n) is 3.78. The molecule has 2 aromatic carbocycles. The summed E-state index contributed by atoms with van der Waals surface area (Å²) in [6.45, 7) is 1.07. The molecule has 12 heteroatoms. The van der Waals surface area contributed by atoms with Crippen molar-refractivity contribution in [3.63, 3.8) is 0 Å². The number of halogens is 3. The molecular weight excluding hydrogens is 498 g/mol. The van der Waals surface area contributed by atoms with Crippen LogP contribution in [0.5, 0.6) is 11.5 Å². The van der Waals surface area contributed by atoms with Gasteiger partial charge < -0.3 is 20.3 Å². The number of unbranched alkanes of at least 4 members (excludes halogenated alkanes) is 1. The SMILES string of the molecule is FC(F)(F)Oc1ccc2[nH]c(-c3nc(COc4ccc(CCCCn5ccnn5)cc4)co3)cc2c1.[H-].[Na+]. The van der Waals surface area contributed by atoms with E-state index in [0.717, 1.165) is 25.8 Å². The Labute approximate surface area is 233 Å². The Morgan fingerprint density at radius 3 is 2.59 bits per heavy atom. The Bertz CT molecular complexity index is 1420. The number of oxazole rings is 1. The number of fused-ring (bicyclic) bond motifs is 1. The van der Waals surface area contributed by atoms with Crippen molar-refractivity contribution in [2.45, 2.75) is 38.8 Å². The van der Waals surface area contributed by atoms with Gasteiger partial charge in [0.25, 0.3) is 0 Å². The van der Waals surface area contributed by atoms with Crippen molar-refractivity contribution in [2.24, 2.45) is 0 Å². The summed E-state index contributed by atoms with van der Waals surface area (Å²) in [5.74, 6) is 0.734. The van der Waals surface area contributed by atoms with Crippen LogP contribution in [0.25, 0.3) is 22.5 Å². The summed E-state index contributed by atoms with van der Waals surface area (Å²) in [6.07, 6.45) is 3.32. The maximum absolute atomic E-state index is 12.5. The zero-order chi connectivity index (χ0) is 25.0. The van der Waals surface area contributed by atoms with Crippen LogP contribution >= 0.6 is 0 Å². The van der Waals surface area contributed by atoms with Crippen LogP contribution in [0.1, 0.15) is 25.5 Å². The first-order chi connectivity index (χ1) is 17.4. The molecule has 0 amide bonds. The van der Waals surface area contributed by atoms with Gasteiger partial charge in [-0.3, -0.25) is 4.68 Å². The summed E-state index contributed by atoms with van der Waals surface area (Å²) >= 11 is 0. The second-order valence-electron chi connectivity index (χ2n) is 8.18. The molecule has 0 aliphatic rings. The molecular formula is C25H23F3N5NaO3. The van der Waals surface area contributed by atoms with Gasteiger partial charge >= 0.3 is 35.9 Å². The Morgan fingerprint density at radius 1 is 1.03 bits per heavy atom. The fraction of sp³-hybridized carbons (Fsp3) is 0.240. The van der Waals surface area contributed by atoms with E-state index in [-0.39, 0.29) is 43.3 Å². The molecule has 0 saturated heterocycles. The van der Waals surface area contributed by atoms with Gasteiger partial charge in [0.05, 0.1) is 6.20 Å². The topological polar surface area (TPSA) is 91.0 Å². The van der Waals surface area contributed by atoms with Crippen molar-refractivity contribution in [3.8, 4) is 23.1 Å². The summed E-state index contributed by atoms with van der Waals surface area (Å²) in [7, 11) is 0. The van der Waals surface area contributed by atoms with Crippen molar-refractivity contribution < 1.29 is 58.0 Å². The smallest absolute Gasteiger partial charge is 1.00 e. The zero-order valence-electron chi connectivity index (χ0n) is 21.0. The molecule has 3 heterocycles. The number of aryl methyl sites for hydroxylation is 2.